The predicted octanol–water partition coefficient (Wildman–Crippen LogP) is 3.28. The topological polar surface area (TPSA) is 32.3 Å². The Bertz CT molecular complexity index is 555. The first-order valence-corrected chi connectivity index (χ1v) is 7.99. The van der Waals surface area contributed by atoms with E-state index in [1.807, 2.05) is 17.6 Å². The molecule has 0 atom stereocenters. The van der Waals surface area contributed by atoms with Crippen LogP contribution in [0, 0.1) is 0 Å². The summed E-state index contributed by atoms with van der Waals surface area (Å²) in [6, 6.07) is 1.89. The van der Waals surface area contributed by atoms with Gasteiger partial charge in [-0.2, -0.15) is 0 Å². The molecule has 4 nitrogen and oxygen atoms in total. The zero-order valence-corrected chi connectivity index (χ0v) is 13.2. The number of anilines is 2. The number of piperazine rings is 1. The van der Waals surface area contributed by atoms with Crippen LogP contribution < -0.4 is 9.80 Å². The van der Waals surface area contributed by atoms with Crippen molar-refractivity contribution in [1.29, 1.82) is 0 Å². The van der Waals surface area contributed by atoms with E-state index in [4.69, 9.17) is 11.6 Å². The fraction of sp³-hybridized carbons (Fsp3) is 0.333. The average Bonchev–Trinajstić information content (AvgIpc) is 2.93. The first kappa shape index (κ1) is 13.1. The van der Waals surface area contributed by atoms with Gasteiger partial charge in [-0.25, -0.2) is 9.97 Å². The number of nitrogens with zero attached hydrogens (tertiary/aromatic N) is 4. The smallest absolute Gasteiger partial charge is 0.185 e. The van der Waals surface area contributed by atoms with Gasteiger partial charge in [-0.15, -0.1) is 11.3 Å². The van der Waals surface area contributed by atoms with Crippen molar-refractivity contribution in [3.8, 4) is 0 Å². The number of hydrogen-bond acceptors (Lipinski definition) is 5. The fourth-order valence-electron chi connectivity index (χ4n) is 2.12. The first-order valence-electron chi connectivity index (χ1n) is 5.94. The van der Waals surface area contributed by atoms with Crippen LogP contribution in [0.4, 0.5) is 10.9 Å². The third-order valence-electron chi connectivity index (χ3n) is 3.06. The summed E-state index contributed by atoms with van der Waals surface area (Å²) in [6.45, 7) is 3.80. The molecule has 0 radical (unpaired) electrons. The van der Waals surface area contributed by atoms with Crippen LogP contribution in [-0.4, -0.2) is 36.1 Å². The molecule has 0 spiro atoms. The number of pyridine rings is 1. The van der Waals surface area contributed by atoms with Crippen LogP contribution in [0.2, 0.25) is 5.02 Å². The van der Waals surface area contributed by atoms with Crippen LogP contribution in [0.5, 0.6) is 0 Å². The second kappa shape index (κ2) is 5.64. The summed E-state index contributed by atoms with van der Waals surface area (Å²) < 4.78 is 0.947. The van der Waals surface area contributed by atoms with E-state index in [9.17, 15) is 0 Å². The van der Waals surface area contributed by atoms with Crippen LogP contribution >= 0.6 is 38.9 Å². The third kappa shape index (κ3) is 2.85. The zero-order valence-electron chi connectivity index (χ0n) is 10.1. The molecule has 3 heterocycles. The van der Waals surface area contributed by atoms with E-state index in [0.29, 0.717) is 5.02 Å². The van der Waals surface area contributed by atoms with Crippen molar-refractivity contribution in [3.05, 3.63) is 33.3 Å². The van der Waals surface area contributed by atoms with Crippen LogP contribution in [0.1, 0.15) is 0 Å². The molecule has 2 aromatic rings. The minimum absolute atomic E-state index is 0.650. The highest BCUT2D eigenvalue weighted by Gasteiger charge is 2.21. The molecule has 0 saturated carbocycles. The maximum Gasteiger partial charge on any atom is 0.185 e. The van der Waals surface area contributed by atoms with Crippen molar-refractivity contribution >= 4 is 49.8 Å². The number of thiazole rings is 1. The summed E-state index contributed by atoms with van der Waals surface area (Å²) in [4.78, 5) is 13.3. The van der Waals surface area contributed by atoms with Crippen molar-refractivity contribution < 1.29 is 0 Å². The summed E-state index contributed by atoms with van der Waals surface area (Å²) in [5.74, 6) is 0.961. The van der Waals surface area contributed by atoms with Crippen molar-refractivity contribution in [2.24, 2.45) is 0 Å². The molecule has 1 aliphatic rings. The molecule has 0 amide bonds. The minimum Gasteiger partial charge on any atom is -0.352 e. The molecule has 0 N–H and O–H groups in total. The van der Waals surface area contributed by atoms with E-state index in [-0.39, 0.29) is 0 Å². The molecule has 7 heteroatoms. The van der Waals surface area contributed by atoms with Gasteiger partial charge in [0.05, 0.1) is 9.50 Å². The monoisotopic (exact) mass is 358 g/mol. The fourth-order valence-corrected chi connectivity index (χ4v) is 3.71. The molecular formula is C12H12BrClN4S. The quantitative estimate of drug-likeness (QED) is 0.824. The number of halogens is 2. The molecule has 100 valence electrons. The van der Waals surface area contributed by atoms with Gasteiger partial charge in [0.25, 0.3) is 0 Å². The summed E-state index contributed by atoms with van der Waals surface area (Å²) in [6.07, 6.45) is 3.54. The zero-order chi connectivity index (χ0) is 13.2. The molecule has 2 aromatic heterocycles. The van der Waals surface area contributed by atoms with Gasteiger partial charge in [-0.05, 0) is 22.0 Å². The Morgan fingerprint density at radius 1 is 1.16 bits per heavy atom. The number of hydrogen-bond donors (Lipinski definition) is 0. The summed E-state index contributed by atoms with van der Waals surface area (Å²) in [5.41, 5.74) is 0. The van der Waals surface area contributed by atoms with Crippen LogP contribution in [0.15, 0.2) is 28.3 Å². The van der Waals surface area contributed by atoms with Gasteiger partial charge in [0.1, 0.15) is 5.82 Å². The molecule has 1 fully saturated rings. The molecule has 0 bridgehead atoms. The number of rotatable bonds is 2. The van der Waals surface area contributed by atoms with Crippen molar-refractivity contribution in [3.63, 3.8) is 0 Å². The second-order valence-electron chi connectivity index (χ2n) is 4.25. The molecular weight excluding hydrogens is 348 g/mol. The highest BCUT2D eigenvalue weighted by Crippen LogP contribution is 2.28. The molecule has 0 aromatic carbocycles. The van der Waals surface area contributed by atoms with Gasteiger partial charge in [0.2, 0.25) is 0 Å². The molecule has 3 rings (SSSR count). The van der Waals surface area contributed by atoms with Crippen LogP contribution in [0.25, 0.3) is 0 Å². The molecule has 19 heavy (non-hydrogen) atoms. The normalized spacial score (nSPS) is 15.9. The highest BCUT2D eigenvalue weighted by molar-refractivity contribution is 9.10. The molecule has 0 unspecified atom stereocenters. The Balaban J connectivity index is 1.70. The third-order valence-corrected chi connectivity index (χ3v) is 4.68. The largest absolute Gasteiger partial charge is 0.352 e. The van der Waals surface area contributed by atoms with E-state index < -0.39 is 0 Å². The summed E-state index contributed by atoms with van der Waals surface area (Å²) in [7, 11) is 0. The lowest BCUT2D eigenvalue weighted by atomic mass is 10.3. The Hall–Kier alpha value is -0.850. The van der Waals surface area contributed by atoms with E-state index >= 15 is 0 Å². The highest BCUT2D eigenvalue weighted by atomic mass is 79.9. The Morgan fingerprint density at radius 3 is 2.53 bits per heavy atom. The molecule has 0 aliphatic carbocycles. The summed E-state index contributed by atoms with van der Waals surface area (Å²) >= 11 is 11.1. The van der Waals surface area contributed by atoms with Crippen molar-refractivity contribution in [2.45, 2.75) is 0 Å². The van der Waals surface area contributed by atoms with Gasteiger partial charge in [0, 0.05) is 44.0 Å². The second-order valence-corrected chi connectivity index (χ2v) is 6.41. The first-order chi connectivity index (χ1) is 9.24. The average molecular weight is 360 g/mol. The van der Waals surface area contributed by atoms with E-state index in [2.05, 4.69) is 35.7 Å². The van der Waals surface area contributed by atoms with E-state index in [0.717, 1.165) is 41.6 Å². The van der Waals surface area contributed by atoms with Crippen molar-refractivity contribution in [2.75, 3.05) is 36.0 Å². The molecule has 1 saturated heterocycles. The van der Waals surface area contributed by atoms with Crippen molar-refractivity contribution in [1.82, 2.24) is 9.97 Å². The van der Waals surface area contributed by atoms with E-state index in [1.54, 1.807) is 17.5 Å². The van der Waals surface area contributed by atoms with E-state index in [1.165, 1.54) is 0 Å². The standard InChI is InChI=1S/C12H12BrClN4S/c13-10-7-9(14)8-16-11(10)17-2-4-18(5-3-17)12-15-1-6-19-12/h1,6-8H,2-5H2. The van der Waals surface area contributed by atoms with Gasteiger partial charge in [-0.3, -0.25) is 0 Å². The number of aromatic nitrogens is 2. The van der Waals surface area contributed by atoms with Gasteiger partial charge < -0.3 is 9.80 Å². The van der Waals surface area contributed by atoms with Gasteiger partial charge in [0.15, 0.2) is 5.13 Å². The maximum absolute atomic E-state index is 5.92. The van der Waals surface area contributed by atoms with Crippen LogP contribution in [0.3, 0.4) is 0 Å². The van der Waals surface area contributed by atoms with Gasteiger partial charge in [-0.1, -0.05) is 11.6 Å². The lowest BCUT2D eigenvalue weighted by molar-refractivity contribution is 0.645. The molecule has 1 aliphatic heterocycles. The maximum atomic E-state index is 5.92. The lowest BCUT2D eigenvalue weighted by Crippen LogP contribution is -2.46. The predicted molar refractivity (Wildman–Crippen MR) is 83.5 cm³/mol. The Morgan fingerprint density at radius 2 is 1.89 bits per heavy atom. The Labute approximate surface area is 129 Å². The Kier molecular flexibility index (Phi) is 3.91. The van der Waals surface area contributed by atoms with Crippen LogP contribution in [-0.2, 0) is 0 Å². The van der Waals surface area contributed by atoms with Gasteiger partial charge >= 0.3 is 0 Å². The minimum atomic E-state index is 0.650. The lowest BCUT2D eigenvalue weighted by Gasteiger charge is -2.35. The summed E-state index contributed by atoms with van der Waals surface area (Å²) in [5, 5.41) is 3.76. The SMILES string of the molecule is Clc1cnc(N2CCN(c3nccs3)CC2)c(Br)c1.